The number of benzene rings is 1. The Hall–Kier alpha value is -1.22. The fourth-order valence-electron chi connectivity index (χ4n) is 2.55. The van der Waals surface area contributed by atoms with E-state index < -0.39 is 0 Å². The summed E-state index contributed by atoms with van der Waals surface area (Å²) in [5, 5.41) is 12.9. The molecule has 0 radical (unpaired) electrons. The Morgan fingerprint density at radius 2 is 2.06 bits per heavy atom. The van der Waals surface area contributed by atoms with Crippen LogP contribution in [0.1, 0.15) is 31.2 Å². The number of rotatable bonds is 3. The topological polar surface area (TPSA) is 41.5 Å². The van der Waals surface area contributed by atoms with Gasteiger partial charge in [0.25, 0.3) is 0 Å². The van der Waals surface area contributed by atoms with E-state index in [9.17, 15) is 5.11 Å². The van der Waals surface area contributed by atoms with Crippen molar-refractivity contribution in [3.63, 3.8) is 0 Å². The highest BCUT2D eigenvalue weighted by molar-refractivity contribution is 5.54. The first-order chi connectivity index (χ1) is 8.20. The molecule has 1 aromatic carbocycles. The minimum Gasteiger partial charge on any atom is -0.508 e. The summed E-state index contributed by atoms with van der Waals surface area (Å²) in [5.41, 5.74) is 2.17. The van der Waals surface area contributed by atoms with Crippen molar-refractivity contribution < 1.29 is 9.84 Å². The van der Waals surface area contributed by atoms with Gasteiger partial charge in [-0.1, -0.05) is 12.8 Å². The molecule has 0 spiro atoms. The maximum atomic E-state index is 9.39. The van der Waals surface area contributed by atoms with Gasteiger partial charge in [0.15, 0.2) is 0 Å². The predicted octanol–water partition coefficient (Wildman–Crippen LogP) is 3.07. The number of hydrogen-bond acceptors (Lipinski definition) is 3. The van der Waals surface area contributed by atoms with Crippen molar-refractivity contribution in [2.24, 2.45) is 0 Å². The second kappa shape index (κ2) is 5.41. The van der Waals surface area contributed by atoms with Crippen molar-refractivity contribution in [2.45, 2.75) is 44.8 Å². The summed E-state index contributed by atoms with van der Waals surface area (Å²) in [6.45, 7) is 2.01. The Morgan fingerprint density at radius 3 is 2.76 bits per heavy atom. The van der Waals surface area contributed by atoms with E-state index in [2.05, 4.69) is 5.32 Å². The molecular formula is C14H21NO2. The minimum atomic E-state index is 0.303. The molecule has 0 amide bonds. The Labute approximate surface area is 103 Å². The molecule has 0 aromatic heterocycles. The van der Waals surface area contributed by atoms with Gasteiger partial charge in [-0.15, -0.1) is 0 Å². The molecule has 3 nitrogen and oxygen atoms in total. The molecule has 0 aliphatic heterocycles. The molecule has 17 heavy (non-hydrogen) atoms. The van der Waals surface area contributed by atoms with E-state index in [1.165, 1.54) is 12.8 Å². The lowest BCUT2D eigenvalue weighted by atomic mass is 9.92. The maximum absolute atomic E-state index is 9.39. The SMILES string of the molecule is COC1CCCCC1Nc1ccc(O)cc1C. The monoisotopic (exact) mass is 235 g/mol. The average Bonchev–Trinajstić information content (AvgIpc) is 2.33. The van der Waals surface area contributed by atoms with E-state index in [4.69, 9.17) is 4.74 Å². The Bertz CT molecular complexity index is 378. The molecule has 1 saturated carbocycles. The number of phenolic OH excluding ortho intramolecular Hbond substituents is 1. The van der Waals surface area contributed by atoms with Crippen molar-refractivity contribution in [3.8, 4) is 5.75 Å². The number of methoxy groups -OCH3 is 1. The van der Waals surface area contributed by atoms with Gasteiger partial charge in [-0.25, -0.2) is 0 Å². The minimum absolute atomic E-state index is 0.303. The van der Waals surface area contributed by atoms with Crippen LogP contribution >= 0.6 is 0 Å². The lowest BCUT2D eigenvalue weighted by molar-refractivity contribution is 0.0606. The molecule has 0 bridgehead atoms. The smallest absolute Gasteiger partial charge is 0.115 e. The average molecular weight is 235 g/mol. The standard InChI is InChI=1S/C14H21NO2/c1-10-9-11(16)7-8-12(10)15-13-5-3-4-6-14(13)17-2/h7-9,13-16H,3-6H2,1-2H3. The van der Waals surface area contributed by atoms with E-state index in [1.54, 1.807) is 19.2 Å². The Balaban J connectivity index is 2.08. The fraction of sp³-hybridized carbons (Fsp3) is 0.571. The lowest BCUT2D eigenvalue weighted by Crippen LogP contribution is -2.37. The van der Waals surface area contributed by atoms with E-state index in [0.29, 0.717) is 17.9 Å². The van der Waals surface area contributed by atoms with Gasteiger partial charge >= 0.3 is 0 Å². The predicted molar refractivity (Wildman–Crippen MR) is 69.5 cm³/mol. The molecule has 2 rings (SSSR count). The van der Waals surface area contributed by atoms with Crippen LogP contribution in [0.15, 0.2) is 18.2 Å². The number of nitrogens with one attached hydrogen (secondary N) is 1. The molecular weight excluding hydrogens is 214 g/mol. The second-order valence-electron chi connectivity index (χ2n) is 4.81. The van der Waals surface area contributed by atoms with Crippen LogP contribution in [0.5, 0.6) is 5.75 Å². The third kappa shape index (κ3) is 2.91. The molecule has 94 valence electrons. The number of aromatic hydroxyl groups is 1. The number of aryl methyl sites for hydroxylation is 1. The van der Waals surface area contributed by atoms with E-state index in [-0.39, 0.29) is 0 Å². The highest BCUT2D eigenvalue weighted by Gasteiger charge is 2.24. The van der Waals surface area contributed by atoms with Gasteiger partial charge in [0.2, 0.25) is 0 Å². The number of ether oxygens (including phenoxy) is 1. The molecule has 1 aliphatic carbocycles. The van der Waals surface area contributed by atoms with Crippen LogP contribution in [0.25, 0.3) is 0 Å². The first kappa shape index (κ1) is 12.2. The Kier molecular flexibility index (Phi) is 3.89. The number of anilines is 1. The van der Waals surface area contributed by atoms with Crippen LogP contribution < -0.4 is 5.32 Å². The zero-order valence-corrected chi connectivity index (χ0v) is 10.6. The van der Waals surface area contributed by atoms with Gasteiger partial charge in [-0.3, -0.25) is 0 Å². The Morgan fingerprint density at radius 1 is 1.29 bits per heavy atom. The van der Waals surface area contributed by atoms with Gasteiger partial charge in [-0.2, -0.15) is 0 Å². The second-order valence-corrected chi connectivity index (χ2v) is 4.81. The molecule has 0 saturated heterocycles. The third-order valence-electron chi connectivity index (χ3n) is 3.56. The number of hydrogen-bond donors (Lipinski definition) is 2. The fourth-order valence-corrected chi connectivity index (χ4v) is 2.55. The number of phenols is 1. The largest absolute Gasteiger partial charge is 0.508 e. The van der Waals surface area contributed by atoms with Crippen LogP contribution in [0.2, 0.25) is 0 Å². The van der Waals surface area contributed by atoms with Gasteiger partial charge in [0.05, 0.1) is 12.1 Å². The molecule has 1 fully saturated rings. The zero-order valence-electron chi connectivity index (χ0n) is 10.6. The van der Waals surface area contributed by atoms with Crippen LogP contribution in [-0.4, -0.2) is 24.4 Å². The maximum Gasteiger partial charge on any atom is 0.115 e. The highest BCUT2D eigenvalue weighted by atomic mass is 16.5. The summed E-state index contributed by atoms with van der Waals surface area (Å²) in [6.07, 6.45) is 5.10. The molecule has 1 aromatic rings. The third-order valence-corrected chi connectivity index (χ3v) is 3.56. The van der Waals surface area contributed by atoms with E-state index in [0.717, 1.165) is 24.1 Å². The summed E-state index contributed by atoms with van der Waals surface area (Å²) in [6, 6.07) is 5.83. The van der Waals surface area contributed by atoms with Gasteiger partial charge in [-0.05, 0) is 43.5 Å². The van der Waals surface area contributed by atoms with Crippen LogP contribution in [0.4, 0.5) is 5.69 Å². The quantitative estimate of drug-likeness (QED) is 0.791. The van der Waals surface area contributed by atoms with E-state index >= 15 is 0 Å². The van der Waals surface area contributed by atoms with Crippen molar-refractivity contribution in [2.75, 3.05) is 12.4 Å². The van der Waals surface area contributed by atoms with Crippen molar-refractivity contribution in [1.29, 1.82) is 0 Å². The normalized spacial score (nSPS) is 24.6. The van der Waals surface area contributed by atoms with Gasteiger partial charge in [0, 0.05) is 12.8 Å². The van der Waals surface area contributed by atoms with E-state index in [1.807, 2.05) is 13.0 Å². The van der Waals surface area contributed by atoms with Gasteiger partial charge in [0.1, 0.15) is 5.75 Å². The van der Waals surface area contributed by atoms with Crippen molar-refractivity contribution >= 4 is 5.69 Å². The van der Waals surface area contributed by atoms with Crippen LogP contribution in [0, 0.1) is 6.92 Å². The van der Waals surface area contributed by atoms with Gasteiger partial charge < -0.3 is 15.2 Å². The zero-order chi connectivity index (χ0) is 12.3. The lowest BCUT2D eigenvalue weighted by Gasteiger charge is -2.32. The molecule has 2 unspecified atom stereocenters. The molecule has 3 heteroatoms. The van der Waals surface area contributed by atoms with Crippen LogP contribution in [-0.2, 0) is 4.74 Å². The molecule has 2 atom stereocenters. The summed E-state index contributed by atoms with van der Waals surface area (Å²) in [4.78, 5) is 0. The molecule has 2 N–H and O–H groups in total. The molecule has 1 aliphatic rings. The van der Waals surface area contributed by atoms with Crippen molar-refractivity contribution in [3.05, 3.63) is 23.8 Å². The van der Waals surface area contributed by atoms with Crippen LogP contribution in [0.3, 0.4) is 0 Å². The highest BCUT2D eigenvalue weighted by Crippen LogP contribution is 2.27. The first-order valence-electron chi connectivity index (χ1n) is 6.29. The van der Waals surface area contributed by atoms with Crippen molar-refractivity contribution in [1.82, 2.24) is 0 Å². The summed E-state index contributed by atoms with van der Waals surface area (Å²) in [5.74, 6) is 0.319. The summed E-state index contributed by atoms with van der Waals surface area (Å²) in [7, 11) is 1.79. The summed E-state index contributed by atoms with van der Waals surface area (Å²) >= 11 is 0. The first-order valence-corrected chi connectivity index (χ1v) is 6.29. The molecule has 0 heterocycles. The summed E-state index contributed by atoms with van der Waals surface area (Å²) < 4.78 is 5.53.